The van der Waals surface area contributed by atoms with Crippen molar-refractivity contribution in [1.82, 2.24) is 0 Å². The van der Waals surface area contributed by atoms with E-state index in [1.54, 1.807) is 30.3 Å². The number of hydrogen-bond acceptors (Lipinski definition) is 3. The minimum atomic E-state index is -0.144. The van der Waals surface area contributed by atoms with Crippen LogP contribution in [0.3, 0.4) is 0 Å². The average Bonchev–Trinajstić information content (AvgIpc) is 2.85. The summed E-state index contributed by atoms with van der Waals surface area (Å²) in [5.41, 5.74) is 0.614. The molecule has 0 aliphatic carbocycles. The SMILES string of the molecule is O=C(/C=C/c1ccc(CO)o1)c1ccc(Br)cc1. The molecule has 0 aliphatic rings. The maximum Gasteiger partial charge on any atom is 0.185 e. The lowest BCUT2D eigenvalue weighted by atomic mass is 10.1. The van der Waals surface area contributed by atoms with E-state index in [1.807, 2.05) is 12.1 Å². The lowest BCUT2D eigenvalue weighted by Gasteiger charge is -1.95. The van der Waals surface area contributed by atoms with E-state index in [9.17, 15) is 4.79 Å². The van der Waals surface area contributed by atoms with Crippen LogP contribution in [0, 0.1) is 0 Å². The molecule has 0 atom stereocenters. The molecule has 18 heavy (non-hydrogen) atoms. The van der Waals surface area contributed by atoms with Crippen molar-refractivity contribution in [3.05, 3.63) is 64.0 Å². The monoisotopic (exact) mass is 306 g/mol. The number of hydrogen-bond donors (Lipinski definition) is 1. The van der Waals surface area contributed by atoms with Crippen molar-refractivity contribution in [2.45, 2.75) is 6.61 Å². The molecule has 1 aromatic heterocycles. The van der Waals surface area contributed by atoms with Crippen LogP contribution in [0.5, 0.6) is 0 Å². The van der Waals surface area contributed by atoms with Gasteiger partial charge < -0.3 is 9.52 Å². The van der Waals surface area contributed by atoms with Crippen molar-refractivity contribution >= 4 is 27.8 Å². The average molecular weight is 307 g/mol. The van der Waals surface area contributed by atoms with Crippen LogP contribution in [0.15, 0.2) is 51.4 Å². The maximum atomic E-state index is 11.8. The van der Waals surface area contributed by atoms with E-state index < -0.39 is 0 Å². The molecule has 1 heterocycles. The van der Waals surface area contributed by atoms with Crippen LogP contribution in [0.4, 0.5) is 0 Å². The minimum absolute atomic E-state index is 0.0931. The Morgan fingerprint density at radius 1 is 1.22 bits per heavy atom. The number of aliphatic hydroxyl groups is 1. The summed E-state index contributed by atoms with van der Waals surface area (Å²) in [5.74, 6) is 0.930. The van der Waals surface area contributed by atoms with Gasteiger partial charge in [0.15, 0.2) is 5.78 Å². The number of rotatable bonds is 4. The van der Waals surface area contributed by atoms with Crippen LogP contribution in [-0.2, 0) is 6.61 Å². The molecule has 0 saturated heterocycles. The van der Waals surface area contributed by atoms with Crippen molar-refractivity contribution in [3.8, 4) is 0 Å². The number of allylic oxidation sites excluding steroid dienone is 1. The van der Waals surface area contributed by atoms with Crippen molar-refractivity contribution in [2.24, 2.45) is 0 Å². The van der Waals surface area contributed by atoms with E-state index >= 15 is 0 Å². The zero-order valence-electron chi connectivity index (χ0n) is 9.47. The van der Waals surface area contributed by atoms with Crippen molar-refractivity contribution in [1.29, 1.82) is 0 Å². The number of halogens is 1. The van der Waals surface area contributed by atoms with E-state index in [-0.39, 0.29) is 12.4 Å². The molecule has 92 valence electrons. The number of aliphatic hydroxyl groups excluding tert-OH is 1. The van der Waals surface area contributed by atoms with Crippen LogP contribution in [0.2, 0.25) is 0 Å². The molecule has 0 fully saturated rings. The Labute approximate surface area is 113 Å². The van der Waals surface area contributed by atoms with Crippen LogP contribution >= 0.6 is 15.9 Å². The lowest BCUT2D eigenvalue weighted by molar-refractivity contribution is 0.104. The van der Waals surface area contributed by atoms with E-state index in [1.165, 1.54) is 6.08 Å². The van der Waals surface area contributed by atoms with Crippen molar-refractivity contribution < 1.29 is 14.3 Å². The predicted octanol–water partition coefficient (Wildman–Crippen LogP) is 3.43. The molecule has 0 radical (unpaired) electrons. The smallest absolute Gasteiger partial charge is 0.185 e. The predicted molar refractivity (Wildman–Crippen MR) is 72.1 cm³/mol. The molecule has 0 bridgehead atoms. The van der Waals surface area contributed by atoms with Gasteiger partial charge in [-0.3, -0.25) is 4.79 Å². The molecule has 1 N–H and O–H groups in total. The molecule has 2 rings (SSSR count). The van der Waals surface area contributed by atoms with Gasteiger partial charge in [0.2, 0.25) is 0 Å². The number of furan rings is 1. The number of ketones is 1. The summed E-state index contributed by atoms with van der Waals surface area (Å²) in [5, 5.41) is 8.84. The molecule has 0 unspecified atom stereocenters. The van der Waals surface area contributed by atoms with Gasteiger partial charge in [-0.25, -0.2) is 0 Å². The molecule has 1 aromatic carbocycles. The first-order valence-electron chi connectivity index (χ1n) is 5.36. The third kappa shape index (κ3) is 3.18. The first-order chi connectivity index (χ1) is 8.69. The van der Waals surface area contributed by atoms with E-state index in [0.717, 1.165) is 4.47 Å². The second-order valence-corrected chi connectivity index (χ2v) is 4.58. The summed E-state index contributed by atoms with van der Waals surface area (Å²) in [4.78, 5) is 11.8. The standard InChI is InChI=1S/C14H11BrO3/c15-11-3-1-10(2-4-11)14(17)8-7-12-5-6-13(9-16)18-12/h1-8,16H,9H2/b8-7+. The molecule has 0 aliphatic heterocycles. The van der Waals surface area contributed by atoms with E-state index in [4.69, 9.17) is 9.52 Å². The van der Waals surface area contributed by atoms with Gasteiger partial charge in [0.25, 0.3) is 0 Å². The molecule has 0 saturated carbocycles. The summed E-state index contributed by atoms with van der Waals surface area (Å²) in [6.07, 6.45) is 3.03. The molecular formula is C14H11BrO3. The zero-order valence-corrected chi connectivity index (χ0v) is 11.1. The molecule has 0 spiro atoms. The second kappa shape index (κ2) is 5.80. The highest BCUT2D eigenvalue weighted by Gasteiger charge is 2.02. The van der Waals surface area contributed by atoms with Gasteiger partial charge in [-0.1, -0.05) is 15.9 Å². The second-order valence-electron chi connectivity index (χ2n) is 3.67. The van der Waals surface area contributed by atoms with Gasteiger partial charge >= 0.3 is 0 Å². The molecule has 4 heteroatoms. The first kappa shape index (κ1) is 12.8. The van der Waals surface area contributed by atoms with Gasteiger partial charge in [-0.05, 0) is 48.6 Å². The van der Waals surface area contributed by atoms with Gasteiger partial charge in [-0.2, -0.15) is 0 Å². The molecule has 3 nitrogen and oxygen atoms in total. The summed E-state index contributed by atoms with van der Waals surface area (Å²) < 4.78 is 6.17. The van der Waals surface area contributed by atoms with E-state index in [2.05, 4.69) is 15.9 Å². The molecular weight excluding hydrogens is 296 g/mol. The Kier molecular flexibility index (Phi) is 4.12. The fourth-order valence-corrected chi connectivity index (χ4v) is 1.70. The zero-order chi connectivity index (χ0) is 13.0. The van der Waals surface area contributed by atoms with E-state index in [0.29, 0.717) is 17.1 Å². The summed E-state index contributed by atoms with van der Waals surface area (Å²) in [7, 11) is 0. The Bertz CT molecular complexity index is 567. The highest BCUT2D eigenvalue weighted by atomic mass is 79.9. The Morgan fingerprint density at radius 3 is 2.56 bits per heavy atom. The van der Waals surface area contributed by atoms with Crippen LogP contribution < -0.4 is 0 Å². The summed E-state index contributed by atoms with van der Waals surface area (Å²) in [6.45, 7) is -0.144. The van der Waals surface area contributed by atoms with Crippen LogP contribution in [0.1, 0.15) is 21.9 Å². The van der Waals surface area contributed by atoms with Gasteiger partial charge in [-0.15, -0.1) is 0 Å². The minimum Gasteiger partial charge on any atom is -0.459 e. The lowest BCUT2D eigenvalue weighted by Crippen LogP contribution is -1.92. The fraction of sp³-hybridized carbons (Fsp3) is 0.0714. The molecule has 0 amide bonds. The van der Waals surface area contributed by atoms with Crippen LogP contribution in [-0.4, -0.2) is 10.9 Å². The number of benzene rings is 1. The fourth-order valence-electron chi connectivity index (χ4n) is 1.44. The van der Waals surface area contributed by atoms with Crippen molar-refractivity contribution in [2.75, 3.05) is 0 Å². The molecule has 2 aromatic rings. The van der Waals surface area contributed by atoms with Crippen molar-refractivity contribution in [3.63, 3.8) is 0 Å². The van der Waals surface area contributed by atoms with Gasteiger partial charge in [0.1, 0.15) is 18.1 Å². The third-order valence-electron chi connectivity index (χ3n) is 2.37. The third-order valence-corrected chi connectivity index (χ3v) is 2.89. The normalized spacial score (nSPS) is 11.0. The number of carbonyl (C=O) groups excluding carboxylic acids is 1. The summed E-state index contributed by atoms with van der Waals surface area (Å²) in [6, 6.07) is 10.5. The Morgan fingerprint density at radius 2 is 1.94 bits per heavy atom. The Balaban J connectivity index is 2.09. The van der Waals surface area contributed by atoms with Gasteiger partial charge in [0, 0.05) is 10.0 Å². The first-order valence-corrected chi connectivity index (χ1v) is 6.16. The largest absolute Gasteiger partial charge is 0.459 e. The maximum absolute atomic E-state index is 11.8. The topological polar surface area (TPSA) is 50.4 Å². The van der Waals surface area contributed by atoms with Gasteiger partial charge in [0.05, 0.1) is 0 Å². The summed E-state index contributed by atoms with van der Waals surface area (Å²) >= 11 is 3.31. The van der Waals surface area contributed by atoms with Crippen LogP contribution in [0.25, 0.3) is 6.08 Å². The Hall–Kier alpha value is -1.65. The highest BCUT2D eigenvalue weighted by molar-refractivity contribution is 9.10. The highest BCUT2D eigenvalue weighted by Crippen LogP contribution is 2.13. The quantitative estimate of drug-likeness (QED) is 0.695. The number of carbonyl (C=O) groups is 1.